The molecule has 0 spiro atoms. The third-order valence-electron chi connectivity index (χ3n) is 3.07. The van der Waals surface area contributed by atoms with Crippen LogP contribution in [0.3, 0.4) is 0 Å². The molecule has 4 heteroatoms. The molecule has 0 fully saturated rings. The topological polar surface area (TPSA) is 43.8 Å². The first-order valence-corrected chi connectivity index (χ1v) is 6.15. The number of rotatable bonds is 5. The molecule has 0 amide bonds. The van der Waals surface area contributed by atoms with E-state index in [4.69, 9.17) is 17.3 Å². The highest BCUT2D eigenvalue weighted by atomic mass is 35.5. The van der Waals surface area contributed by atoms with E-state index >= 15 is 0 Å². The lowest BCUT2D eigenvalue weighted by Crippen LogP contribution is -2.23. The molecule has 1 heterocycles. The summed E-state index contributed by atoms with van der Waals surface area (Å²) in [5.41, 5.74) is 7.90. The Hall–Kier alpha value is -0.540. The quantitative estimate of drug-likeness (QED) is 0.864. The Labute approximate surface area is 103 Å². The lowest BCUT2D eigenvalue weighted by molar-refractivity contribution is 0.323. The summed E-state index contributed by atoms with van der Waals surface area (Å²) in [5.74, 6) is 0. The van der Waals surface area contributed by atoms with Gasteiger partial charge in [0.05, 0.1) is 16.4 Å². The molecule has 0 atom stereocenters. The predicted octanol–water partition coefficient (Wildman–Crippen LogP) is 2.92. The third-order valence-corrected chi connectivity index (χ3v) is 3.62. The van der Waals surface area contributed by atoms with E-state index in [1.54, 1.807) is 0 Å². The zero-order chi connectivity index (χ0) is 12.3. The van der Waals surface area contributed by atoms with Crippen LogP contribution in [-0.2, 0) is 6.54 Å². The maximum atomic E-state index is 6.09. The van der Waals surface area contributed by atoms with Crippen molar-refractivity contribution >= 4 is 11.6 Å². The first-order valence-electron chi connectivity index (χ1n) is 5.77. The molecule has 0 aliphatic carbocycles. The average molecular weight is 244 g/mol. The standard InChI is InChI=1S/C12H22ClN3/c1-9-11(13)10(2)16(15-9)7-5-6-12(3,4)8-14/h5-8,14H2,1-4H3. The lowest BCUT2D eigenvalue weighted by Gasteiger charge is -2.22. The molecule has 0 aliphatic rings. The number of aromatic nitrogens is 2. The Morgan fingerprint density at radius 1 is 1.38 bits per heavy atom. The highest BCUT2D eigenvalue weighted by Gasteiger charge is 2.15. The monoisotopic (exact) mass is 243 g/mol. The van der Waals surface area contributed by atoms with E-state index in [0.717, 1.165) is 42.3 Å². The van der Waals surface area contributed by atoms with Crippen molar-refractivity contribution in [2.75, 3.05) is 6.54 Å². The first kappa shape index (κ1) is 13.5. The molecule has 1 rings (SSSR count). The molecular weight excluding hydrogens is 222 g/mol. The predicted molar refractivity (Wildman–Crippen MR) is 68.8 cm³/mol. The Balaban J connectivity index is 2.53. The summed E-state index contributed by atoms with van der Waals surface area (Å²) in [5, 5.41) is 5.20. The number of hydrogen-bond donors (Lipinski definition) is 1. The fraction of sp³-hybridized carbons (Fsp3) is 0.750. The van der Waals surface area contributed by atoms with Crippen LogP contribution >= 0.6 is 11.6 Å². The van der Waals surface area contributed by atoms with Crippen molar-refractivity contribution in [3.63, 3.8) is 0 Å². The molecular formula is C12H22ClN3. The molecule has 0 bridgehead atoms. The van der Waals surface area contributed by atoms with Crippen LogP contribution in [0.15, 0.2) is 0 Å². The largest absolute Gasteiger partial charge is 0.330 e. The van der Waals surface area contributed by atoms with Crippen molar-refractivity contribution in [3.05, 3.63) is 16.4 Å². The van der Waals surface area contributed by atoms with Crippen LogP contribution < -0.4 is 5.73 Å². The van der Waals surface area contributed by atoms with Gasteiger partial charge in [0.1, 0.15) is 0 Å². The van der Waals surface area contributed by atoms with Gasteiger partial charge in [0, 0.05) is 6.54 Å². The molecule has 1 aromatic heterocycles. The second-order valence-electron chi connectivity index (χ2n) is 5.18. The number of aryl methyl sites for hydroxylation is 2. The first-order chi connectivity index (χ1) is 7.37. The van der Waals surface area contributed by atoms with Crippen molar-refractivity contribution in [2.45, 2.75) is 47.1 Å². The zero-order valence-electron chi connectivity index (χ0n) is 10.7. The third kappa shape index (κ3) is 3.22. The average Bonchev–Trinajstić information content (AvgIpc) is 2.46. The van der Waals surface area contributed by atoms with Crippen molar-refractivity contribution in [2.24, 2.45) is 11.1 Å². The molecule has 0 saturated heterocycles. The molecule has 0 aliphatic heterocycles. The van der Waals surface area contributed by atoms with Gasteiger partial charge in [0.25, 0.3) is 0 Å². The summed E-state index contributed by atoms with van der Waals surface area (Å²) < 4.78 is 1.99. The van der Waals surface area contributed by atoms with Crippen LogP contribution in [0.25, 0.3) is 0 Å². The summed E-state index contributed by atoms with van der Waals surface area (Å²) >= 11 is 6.09. The molecule has 0 aromatic carbocycles. The Morgan fingerprint density at radius 2 is 2.00 bits per heavy atom. The van der Waals surface area contributed by atoms with Gasteiger partial charge in [-0.3, -0.25) is 4.68 Å². The number of nitrogens with two attached hydrogens (primary N) is 1. The Kier molecular flexibility index (Phi) is 4.39. The number of halogens is 1. The molecule has 0 saturated carbocycles. The second kappa shape index (κ2) is 5.19. The zero-order valence-corrected chi connectivity index (χ0v) is 11.4. The minimum absolute atomic E-state index is 0.222. The molecule has 0 radical (unpaired) electrons. The van der Waals surface area contributed by atoms with Crippen LogP contribution in [-0.4, -0.2) is 16.3 Å². The Morgan fingerprint density at radius 3 is 2.44 bits per heavy atom. The van der Waals surface area contributed by atoms with Gasteiger partial charge in [0.15, 0.2) is 0 Å². The van der Waals surface area contributed by atoms with E-state index in [9.17, 15) is 0 Å². The summed E-state index contributed by atoms with van der Waals surface area (Å²) in [6.45, 7) is 9.99. The second-order valence-corrected chi connectivity index (χ2v) is 5.56. The molecule has 1 aromatic rings. The summed E-state index contributed by atoms with van der Waals surface area (Å²) in [6.07, 6.45) is 2.20. The summed E-state index contributed by atoms with van der Waals surface area (Å²) in [7, 11) is 0. The van der Waals surface area contributed by atoms with Crippen molar-refractivity contribution in [3.8, 4) is 0 Å². The molecule has 0 unspecified atom stereocenters. The van der Waals surface area contributed by atoms with Gasteiger partial charge in [-0.15, -0.1) is 0 Å². The Bertz CT molecular complexity index is 355. The van der Waals surface area contributed by atoms with Gasteiger partial charge < -0.3 is 5.73 Å². The molecule has 16 heavy (non-hydrogen) atoms. The number of hydrogen-bond acceptors (Lipinski definition) is 2. The molecule has 92 valence electrons. The highest BCUT2D eigenvalue weighted by Crippen LogP contribution is 2.23. The fourth-order valence-electron chi connectivity index (χ4n) is 1.70. The van der Waals surface area contributed by atoms with E-state index in [0.29, 0.717) is 0 Å². The number of nitrogens with zero attached hydrogens (tertiary/aromatic N) is 2. The van der Waals surface area contributed by atoms with Crippen LogP contribution in [0.4, 0.5) is 0 Å². The minimum atomic E-state index is 0.222. The van der Waals surface area contributed by atoms with E-state index in [-0.39, 0.29) is 5.41 Å². The van der Waals surface area contributed by atoms with Gasteiger partial charge in [-0.1, -0.05) is 25.4 Å². The smallest absolute Gasteiger partial charge is 0.0844 e. The van der Waals surface area contributed by atoms with Gasteiger partial charge in [-0.2, -0.15) is 5.10 Å². The normalized spacial score (nSPS) is 12.1. The van der Waals surface area contributed by atoms with Gasteiger partial charge in [-0.05, 0) is 38.6 Å². The maximum Gasteiger partial charge on any atom is 0.0844 e. The van der Waals surface area contributed by atoms with Crippen molar-refractivity contribution in [1.29, 1.82) is 0 Å². The van der Waals surface area contributed by atoms with E-state index in [1.807, 2.05) is 18.5 Å². The maximum absolute atomic E-state index is 6.09. The van der Waals surface area contributed by atoms with Crippen molar-refractivity contribution in [1.82, 2.24) is 9.78 Å². The van der Waals surface area contributed by atoms with Crippen LogP contribution in [0.5, 0.6) is 0 Å². The summed E-state index contributed by atoms with van der Waals surface area (Å²) in [4.78, 5) is 0. The van der Waals surface area contributed by atoms with Crippen LogP contribution in [0.1, 0.15) is 38.1 Å². The van der Waals surface area contributed by atoms with Crippen molar-refractivity contribution < 1.29 is 0 Å². The summed E-state index contributed by atoms with van der Waals surface area (Å²) in [6, 6.07) is 0. The van der Waals surface area contributed by atoms with Gasteiger partial charge in [0.2, 0.25) is 0 Å². The lowest BCUT2D eigenvalue weighted by atomic mass is 9.88. The highest BCUT2D eigenvalue weighted by molar-refractivity contribution is 6.31. The van der Waals surface area contributed by atoms with Crippen LogP contribution in [0, 0.1) is 19.3 Å². The SMILES string of the molecule is Cc1nn(CCCC(C)(C)CN)c(C)c1Cl. The van der Waals surface area contributed by atoms with Gasteiger partial charge in [-0.25, -0.2) is 0 Å². The molecule has 3 nitrogen and oxygen atoms in total. The fourth-order valence-corrected chi connectivity index (χ4v) is 1.84. The van der Waals surface area contributed by atoms with E-state index < -0.39 is 0 Å². The minimum Gasteiger partial charge on any atom is -0.330 e. The van der Waals surface area contributed by atoms with E-state index in [2.05, 4.69) is 18.9 Å². The van der Waals surface area contributed by atoms with E-state index in [1.165, 1.54) is 0 Å². The van der Waals surface area contributed by atoms with Crippen LogP contribution in [0.2, 0.25) is 5.02 Å². The molecule has 2 N–H and O–H groups in total. The van der Waals surface area contributed by atoms with Gasteiger partial charge >= 0.3 is 0 Å².